The van der Waals surface area contributed by atoms with E-state index in [1.54, 1.807) is 11.0 Å². The molecule has 1 saturated heterocycles. The first-order chi connectivity index (χ1) is 9.74. The van der Waals surface area contributed by atoms with Gasteiger partial charge in [-0.25, -0.2) is 0 Å². The van der Waals surface area contributed by atoms with Gasteiger partial charge in [-0.15, -0.1) is 0 Å². The molecule has 1 atom stereocenters. The standard InChI is InChI=1S/C14H18ClN3O3/c1-14(2)8-17(7-6-11(14)16)13(19)9-4-3-5-10(15)12(9)18(20)21/h3-5,11H,6-8,16H2,1-2H3. The highest BCUT2D eigenvalue weighted by atomic mass is 35.5. The highest BCUT2D eigenvalue weighted by Crippen LogP contribution is 2.32. The Kier molecular flexibility index (Phi) is 4.20. The fourth-order valence-electron chi connectivity index (χ4n) is 2.59. The lowest BCUT2D eigenvalue weighted by atomic mass is 9.79. The van der Waals surface area contributed by atoms with Crippen LogP contribution in [0.1, 0.15) is 30.6 Å². The molecule has 0 saturated carbocycles. The van der Waals surface area contributed by atoms with Crippen LogP contribution < -0.4 is 5.73 Å². The number of nitro benzene ring substituents is 1. The Morgan fingerprint density at radius 3 is 2.76 bits per heavy atom. The van der Waals surface area contributed by atoms with Gasteiger partial charge in [0.1, 0.15) is 10.6 Å². The summed E-state index contributed by atoms with van der Waals surface area (Å²) >= 11 is 5.85. The van der Waals surface area contributed by atoms with Crippen LogP contribution in [0.4, 0.5) is 5.69 Å². The molecule has 0 spiro atoms. The molecule has 7 heteroatoms. The van der Waals surface area contributed by atoms with Crippen molar-refractivity contribution in [2.45, 2.75) is 26.3 Å². The number of rotatable bonds is 2. The van der Waals surface area contributed by atoms with Gasteiger partial charge in [-0.2, -0.15) is 0 Å². The predicted octanol–water partition coefficient (Wildman–Crippen LogP) is 2.45. The van der Waals surface area contributed by atoms with Crippen LogP contribution >= 0.6 is 11.6 Å². The molecule has 1 aliphatic rings. The van der Waals surface area contributed by atoms with Crippen LogP contribution in [0.5, 0.6) is 0 Å². The number of para-hydroxylation sites is 1. The van der Waals surface area contributed by atoms with Gasteiger partial charge in [0, 0.05) is 19.1 Å². The fourth-order valence-corrected chi connectivity index (χ4v) is 2.83. The quantitative estimate of drug-likeness (QED) is 0.671. The maximum absolute atomic E-state index is 12.6. The molecule has 0 aliphatic carbocycles. The van der Waals surface area contributed by atoms with Crippen molar-refractivity contribution in [2.75, 3.05) is 13.1 Å². The van der Waals surface area contributed by atoms with Crippen molar-refractivity contribution in [3.05, 3.63) is 38.9 Å². The molecule has 1 amide bonds. The Bertz CT molecular complexity index is 589. The van der Waals surface area contributed by atoms with Gasteiger partial charge >= 0.3 is 5.69 Å². The van der Waals surface area contributed by atoms with Crippen molar-refractivity contribution < 1.29 is 9.72 Å². The summed E-state index contributed by atoms with van der Waals surface area (Å²) in [7, 11) is 0. The topological polar surface area (TPSA) is 89.5 Å². The van der Waals surface area contributed by atoms with Gasteiger partial charge in [0.25, 0.3) is 5.91 Å². The molecule has 0 aromatic heterocycles. The summed E-state index contributed by atoms with van der Waals surface area (Å²) in [4.78, 5) is 24.7. The van der Waals surface area contributed by atoms with E-state index in [2.05, 4.69) is 0 Å². The third-order valence-corrected chi connectivity index (χ3v) is 4.30. The van der Waals surface area contributed by atoms with Crippen LogP contribution in [-0.2, 0) is 0 Å². The van der Waals surface area contributed by atoms with E-state index in [1.165, 1.54) is 12.1 Å². The average Bonchev–Trinajstić information content (AvgIpc) is 2.40. The second-order valence-corrected chi connectivity index (χ2v) is 6.41. The molecular weight excluding hydrogens is 294 g/mol. The lowest BCUT2D eigenvalue weighted by Crippen LogP contribution is -2.54. The molecule has 2 rings (SSSR count). The average molecular weight is 312 g/mol. The first-order valence-electron chi connectivity index (χ1n) is 6.72. The third-order valence-electron chi connectivity index (χ3n) is 4.00. The number of nitro groups is 1. The molecule has 6 nitrogen and oxygen atoms in total. The SMILES string of the molecule is CC1(C)CN(C(=O)c2cccc(Cl)c2[N+](=O)[O-])CCC1N. The smallest absolute Gasteiger partial charge is 0.300 e. The van der Waals surface area contributed by atoms with Crippen LogP contribution in [0.2, 0.25) is 5.02 Å². The monoisotopic (exact) mass is 311 g/mol. The fraction of sp³-hybridized carbons (Fsp3) is 0.500. The van der Waals surface area contributed by atoms with Crippen molar-refractivity contribution >= 4 is 23.2 Å². The molecule has 0 radical (unpaired) electrons. The molecule has 1 aromatic rings. The maximum atomic E-state index is 12.6. The van der Waals surface area contributed by atoms with E-state index in [1.807, 2.05) is 13.8 Å². The van der Waals surface area contributed by atoms with E-state index in [9.17, 15) is 14.9 Å². The number of piperidine rings is 1. The van der Waals surface area contributed by atoms with Crippen molar-refractivity contribution in [1.82, 2.24) is 4.90 Å². The van der Waals surface area contributed by atoms with Crippen LogP contribution in [0.3, 0.4) is 0 Å². The van der Waals surface area contributed by atoms with Crippen molar-refractivity contribution in [2.24, 2.45) is 11.1 Å². The predicted molar refractivity (Wildman–Crippen MR) is 80.4 cm³/mol. The third kappa shape index (κ3) is 3.01. The van der Waals surface area contributed by atoms with Crippen LogP contribution in [0.25, 0.3) is 0 Å². The van der Waals surface area contributed by atoms with Gasteiger partial charge in [0.15, 0.2) is 0 Å². The lowest BCUT2D eigenvalue weighted by molar-refractivity contribution is -0.385. The van der Waals surface area contributed by atoms with Gasteiger partial charge in [0.2, 0.25) is 0 Å². The van der Waals surface area contributed by atoms with E-state index in [0.29, 0.717) is 19.5 Å². The van der Waals surface area contributed by atoms with E-state index < -0.39 is 4.92 Å². The number of benzene rings is 1. The van der Waals surface area contributed by atoms with Gasteiger partial charge < -0.3 is 10.6 Å². The number of carbonyl (C=O) groups excluding carboxylic acids is 1. The Morgan fingerprint density at radius 1 is 1.52 bits per heavy atom. The van der Waals surface area contributed by atoms with Gasteiger partial charge in [-0.3, -0.25) is 14.9 Å². The van der Waals surface area contributed by atoms with Gasteiger partial charge in [-0.05, 0) is 24.0 Å². The van der Waals surface area contributed by atoms with Crippen molar-refractivity contribution in [1.29, 1.82) is 0 Å². The minimum Gasteiger partial charge on any atom is -0.338 e. The number of halogens is 1. The van der Waals surface area contributed by atoms with Crippen LogP contribution in [0, 0.1) is 15.5 Å². The van der Waals surface area contributed by atoms with E-state index in [4.69, 9.17) is 17.3 Å². The van der Waals surface area contributed by atoms with Crippen molar-refractivity contribution in [3.63, 3.8) is 0 Å². The molecule has 21 heavy (non-hydrogen) atoms. The zero-order valence-electron chi connectivity index (χ0n) is 12.0. The zero-order valence-corrected chi connectivity index (χ0v) is 12.8. The summed E-state index contributed by atoms with van der Waals surface area (Å²) in [6.07, 6.45) is 0.674. The zero-order chi connectivity index (χ0) is 15.8. The summed E-state index contributed by atoms with van der Waals surface area (Å²) < 4.78 is 0. The summed E-state index contributed by atoms with van der Waals surface area (Å²) in [6, 6.07) is 4.40. The Morgan fingerprint density at radius 2 is 2.19 bits per heavy atom. The summed E-state index contributed by atoms with van der Waals surface area (Å²) in [5, 5.41) is 11.1. The number of amides is 1. The number of carbonyl (C=O) groups is 1. The highest BCUT2D eigenvalue weighted by molar-refractivity contribution is 6.33. The number of nitrogens with zero attached hydrogens (tertiary/aromatic N) is 2. The number of hydrogen-bond donors (Lipinski definition) is 1. The molecule has 1 aromatic carbocycles. The van der Waals surface area contributed by atoms with Crippen LogP contribution in [0.15, 0.2) is 18.2 Å². The molecule has 0 bridgehead atoms. The van der Waals surface area contributed by atoms with Gasteiger partial charge in [-0.1, -0.05) is 31.5 Å². The lowest BCUT2D eigenvalue weighted by Gasteiger charge is -2.42. The van der Waals surface area contributed by atoms with Gasteiger partial charge in [0.05, 0.1) is 4.92 Å². The minimum atomic E-state index is -0.615. The second kappa shape index (κ2) is 5.61. The molecule has 1 aliphatic heterocycles. The van der Waals surface area contributed by atoms with E-state index >= 15 is 0 Å². The molecule has 1 fully saturated rings. The molecule has 1 heterocycles. The Labute approximate surface area is 128 Å². The molecule has 2 N–H and O–H groups in total. The summed E-state index contributed by atoms with van der Waals surface area (Å²) in [5.74, 6) is -0.371. The second-order valence-electron chi connectivity index (χ2n) is 6.00. The first kappa shape index (κ1) is 15.7. The summed E-state index contributed by atoms with van der Waals surface area (Å²) in [5.41, 5.74) is 5.52. The van der Waals surface area contributed by atoms with E-state index in [0.717, 1.165) is 0 Å². The molecule has 1 unspecified atom stereocenters. The summed E-state index contributed by atoms with van der Waals surface area (Å²) in [6.45, 7) is 4.94. The Hall–Kier alpha value is -1.66. The van der Waals surface area contributed by atoms with E-state index in [-0.39, 0.29) is 33.6 Å². The highest BCUT2D eigenvalue weighted by Gasteiger charge is 2.37. The minimum absolute atomic E-state index is 0.0101. The molecule has 114 valence electrons. The Balaban J connectivity index is 2.34. The first-order valence-corrected chi connectivity index (χ1v) is 7.09. The normalized spacial score (nSPS) is 21.1. The number of hydrogen-bond acceptors (Lipinski definition) is 4. The molecular formula is C14H18ClN3O3. The number of likely N-dealkylation sites (tertiary alicyclic amines) is 1. The number of nitrogens with two attached hydrogens (primary N) is 1. The maximum Gasteiger partial charge on any atom is 0.300 e. The van der Waals surface area contributed by atoms with Crippen molar-refractivity contribution in [3.8, 4) is 0 Å². The largest absolute Gasteiger partial charge is 0.338 e. The van der Waals surface area contributed by atoms with Crippen LogP contribution in [-0.4, -0.2) is 34.9 Å².